The molecule has 2 fully saturated rings. The highest BCUT2D eigenvalue weighted by atomic mass is 16.6. The van der Waals surface area contributed by atoms with Crippen molar-refractivity contribution in [2.45, 2.75) is 64.1 Å². The van der Waals surface area contributed by atoms with Crippen molar-refractivity contribution in [2.24, 2.45) is 0 Å². The first-order valence-electron chi connectivity index (χ1n) is 10.5. The SMILES string of the molecule is CN(C(=O)OC(C)(C)C)C1CCN(c2nc3ccccc3nc2NC2CC2)CC1. The summed E-state index contributed by atoms with van der Waals surface area (Å²) in [6.07, 6.45) is 3.89. The lowest BCUT2D eigenvalue weighted by molar-refractivity contribution is 0.0201. The first-order chi connectivity index (χ1) is 13.8. The van der Waals surface area contributed by atoms with Gasteiger partial charge in [-0.25, -0.2) is 14.8 Å². The fourth-order valence-electron chi connectivity index (χ4n) is 3.68. The summed E-state index contributed by atoms with van der Waals surface area (Å²) in [5, 5.41) is 3.55. The van der Waals surface area contributed by atoms with Crippen LogP contribution in [0, 0.1) is 0 Å². The molecule has 1 aromatic carbocycles. The Labute approximate surface area is 172 Å². The largest absolute Gasteiger partial charge is 0.444 e. The summed E-state index contributed by atoms with van der Waals surface area (Å²) in [5.74, 6) is 1.80. The quantitative estimate of drug-likeness (QED) is 0.840. The van der Waals surface area contributed by atoms with Crippen molar-refractivity contribution in [3.63, 3.8) is 0 Å². The summed E-state index contributed by atoms with van der Waals surface area (Å²) in [6.45, 7) is 7.37. The van der Waals surface area contributed by atoms with Crippen molar-refractivity contribution in [2.75, 3.05) is 30.4 Å². The van der Waals surface area contributed by atoms with Crippen LogP contribution in [0.3, 0.4) is 0 Å². The minimum Gasteiger partial charge on any atom is -0.444 e. The highest BCUT2D eigenvalue weighted by Gasteiger charge is 2.31. The molecule has 2 aromatic rings. The number of amides is 1. The number of hydrogen-bond donors (Lipinski definition) is 1. The lowest BCUT2D eigenvalue weighted by atomic mass is 10.0. The number of fused-ring (bicyclic) bond motifs is 1. The molecule has 1 saturated carbocycles. The van der Waals surface area contributed by atoms with Crippen LogP contribution in [0.4, 0.5) is 16.4 Å². The smallest absolute Gasteiger partial charge is 0.410 e. The van der Waals surface area contributed by atoms with E-state index in [0.717, 1.165) is 48.6 Å². The second kappa shape index (κ2) is 7.69. The van der Waals surface area contributed by atoms with Crippen molar-refractivity contribution < 1.29 is 9.53 Å². The van der Waals surface area contributed by atoms with Crippen LogP contribution in [0.5, 0.6) is 0 Å². The van der Waals surface area contributed by atoms with Gasteiger partial charge in [-0.05, 0) is 58.6 Å². The second-order valence-corrected chi connectivity index (χ2v) is 9.11. The molecule has 1 saturated heterocycles. The minimum atomic E-state index is -0.476. The molecule has 2 heterocycles. The van der Waals surface area contributed by atoms with Gasteiger partial charge < -0.3 is 19.9 Å². The number of nitrogens with zero attached hydrogens (tertiary/aromatic N) is 4. The fourth-order valence-corrected chi connectivity index (χ4v) is 3.68. The molecule has 1 N–H and O–H groups in total. The third kappa shape index (κ3) is 4.71. The Bertz CT molecular complexity index is 882. The molecule has 156 valence electrons. The molecule has 2 aliphatic rings. The Kier molecular flexibility index (Phi) is 5.23. The van der Waals surface area contributed by atoms with Gasteiger partial charge in [-0.1, -0.05) is 12.1 Å². The van der Waals surface area contributed by atoms with Crippen LogP contribution >= 0.6 is 0 Å². The van der Waals surface area contributed by atoms with Crippen LogP contribution in [0.2, 0.25) is 0 Å². The Balaban J connectivity index is 1.47. The summed E-state index contributed by atoms with van der Waals surface area (Å²) >= 11 is 0. The molecule has 7 nitrogen and oxygen atoms in total. The summed E-state index contributed by atoms with van der Waals surface area (Å²) in [7, 11) is 1.84. The Morgan fingerprint density at radius 1 is 1.10 bits per heavy atom. The van der Waals surface area contributed by atoms with Gasteiger partial charge in [0.25, 0.3) is 0 Å². The maximum Gasteiger partial charge on any atom is 0.410 e. The van der Waals surface area contributed by atoms with Crippen LogP contribution in [0.1, 0.15) is 46.5 Å². The van der Waals surface area contributed by atoms with Gasteiger partial charge in [0, 0.05) is 32.2 Å². The number of nitrogens with one attached hydrogen (secondary N) is 1. The molecule has 0 radical (unpaired) electrons. The van der Waals surface area contributed by atoms with Gasteiger partial charge in [-0.2, -0.15) is 0 Å². The van der Waals surface area contributed by atoms with Crippen molar-refractivity contribution in [3.05, 3.63) is 24.3 Å². The van der Waals surface area contributed by atoms with Gasteiger partial charge in [0.05, 0.1) is 11.0 Å². The molecule has 4 rings (SSSR count). The number of carbonyl (C=O) groups excluding carboxylic acids is 1. The van der Waals surface area contributed by atoms with E-state index in [0.29, 0.717) is 6.04 Å². The molecule has 0 bridgehead atoms. The highest BCUT2D eigenvalue weighted by Crippen LogP contribution is 2.32. The van der Waals surface area contributed by atoms with Crippen molar-refractivity contribution >= 4 is 28.8 Å². The number of carbonyl (C=O) groups is 1. The van der Waals surface area contributed by atoms with E-state index in [2.05, 4.69) is 10.2 Å². The van der Waals surface area contributed by atoms with E-state index in [1.54, 1.807) is 4.90 Å². The molecule has 7 heteroatoms. The fraction of sp³-hybridized carbons (Fsp3) is 0.591. The molecule has 1 amide bonds. The van der Waals surface area contributed by atoms with Crippen molar-refractivity contribution in [1.82, 2.24) is 14.9 Å². The second-order valence-electron chi connectivity index (χ2n) is 9.11. The first kappa shape index (κ1) is 19.7. The normalized spacial score (nSPS) is 18.0. The summed E-state index contributed by atoms with van der Waals surface area (Å²) < 4.78 is 5.52. The zero-order valence-electron chi connectivity index (χ0n) is 17.8. The zero-order chi connectivity index (χ0) is 20.6. The Morgan fingerprint density at radius 3 is 2.31 bits per heavy atom. The van der Waals surface area contributed by atoms with E-state index >= 15 is 0 Å². The van der Waals surface area contributed by atoms with Crippen LogP contribution in [0.25, 0.3) is 11.0 Å². The molecule has 0 spiro atoms. The number of ether oxygens (including phenoxy) is 1. The van der Waals surface area contributed by atoms with E-state index < -0.39 is 5.60 Å². The maximum atomic E-state index is 12.4. The molecule has 0 unspecified atom stereocenters. The third-order valence-electron chi connectivity index (χ3n) is 5.46. The van der Waals surface area contributed by atoms with Crippen molar-refractivity contribution in [3.8, 4) is 0 Å². The van der Waals surface area contributed by atoms with Gasteiger partial charge in [0.2, 0.25) is 0 Å². The molecule has 1 aliphatic carbocycles. The summed E-state index contributed by atoms with van der Waals surface area (Å²) in [6, 6.07) is 8.70. The van der Waals surface area contributed by atoms with E-state index in [9.17, 15) is 4.79 Å². The average molecular weight is 398 g/mol. The van der Waals surface area contributed by atoms with Crippen LogP contribution in [-0.2, 0) is 4.74 Å². The molecule has 1 aliphatic heterocycles. The summed E-state index contributed by atoms with van der Waals surface area (Å²) in [5.41, 5.74) is 1.35. The van der Waals surface area contributed by atoms with Gasteiger partial charge in [0.15, 0.2) is 11.6 Å². The molecule has 29 heavy (non-hydrogen) atoms. The number of rotatable bonds is 4. The van der Waals surface area contributed by atoms with Gasteiger partial charge in [-0.3, -0.25) is 0 Å². The number of para-hydroxylation sites is 2. The van der Waals surface area contributed by atoms with E-state index in [1.807, 2.05) is 52.1 Å². The average Bonchev–Trinajstić information content (AvgIpc) is 3.50. The number of anilines is 2. The molecular weight excluding hydrogens is 366 g/mol. The lowest BCUT2D eigenvalue weighted by Gasteiger charge is -2.38. The molecule has 1 aromatic heterocycles. The molecular formula is C22H31N5O2. The van der Waals surface area contributed by atoms with Crippen LogP contribution in [0.15, 0.2) is 24.3 Å². The van der Waals surface area contributed by atoms with Gasteiger partial charge in [-0.15, -0.1) is 0 Å². The number of aromatic nitrogens is 2. The molecule has 0 atom stereocenters. The predicted octanol–water partition coefficient (Wildman–Crippen LogP) is 4.04. The van der Waals surface area contributed by atoms with Crippen LogP contribution in [-0.4, -0.2) is 58.8 Å². The van der Waals surface area contributed by atoms with E-state index in [1.165, 1.54) is 12.8 Å². The topological polar surface area (TPSA) is 70.6 Å². The van der Waals surface area contributed by atoms with Crippen LogP contribution < -0.4 is 10.2 Å². The maximum absolute atomic E-state index is 12.4. The Morgan fingerprint density at radius 2 is 1.72 bits per heavy atom. The standard InChI is InChI=1S/C22H31N5O2/c1-22(2,3)29-21(28)26(4)16-11-13-27(14-12-16)20-19(23-15-9-10-15)24-17-7-5-6-8-18(17)25-20/h5-8,15-16H,9-14H2,1-4H3,(H,23,24). The number of benzene rings is 1. The first-order valence-corrected chi connectivity index (χ1v) is 10.5. The minimum absolute atomic E-state index is 0.175. The van der Waals surface area contributed by atoms with E-state index in [4.69, 9.17) is 14.7 Å². The van der Waals surface area contributed by atoms with Gasteiger partial charge >= 0.3 is 6.09 Å². The van der Waals surface area contributed by atoms with E-state index in [-0.39, 0.29) is 12.1 Å². The van der Waals surface area contributed by atoms with Gasteiger partial charge in [0.1, 0.15) is 5.60 Å². The third-order valence-corrected chi connectivity index (χ3v) is 5.46. The Hall–Kier alpha value is -2.57. The monoisotopic (exact) mass is 397 g/mol. The van der Waals surface area contributed by atoms with Crippen molar-refractivity contribution in [1.29, 1.82) is 0 Å². The zero-order valence-corrected chi connectivity index (χ0v) is 17.8. The predicted molar refractivity (Wildman–Crippen MR) is 115 cm³/mol. The number of hydrogen-bond acceptors (Lipinski definition) is 6. The highest BCUT2D eigenvalue weighted by molar-refractivity contribution is 5.80. The number of piperidine rings is 1. The lowest BCUT2D eigenvalue weighted by Crippen LogP contribution is -2.47. The summed E-state index contributed by atoms with van der Waals surface area (Å²) in [4.78, 5) is 26.2.